The molecule has 8 heteroatoms. The van der Waals surface area contributed by atoms with Crippen LogP contribution in [0.4, 0.5) is 0 Å². The van der Waals surface area contributed by atoms with Gasteiger partial charge >= 0.3 is 0 Å². The number of rotatable bonds is 5. The maximum atomic E-state index is 12.5. The monoisotopic (exact) mass is 516 g/mol. The van der Waals surface area contributed by atoms with Crippen LogP contribution >= 0.6 is 24.0 Å². The fourth-order valence-electron chi connectivity index (χ4n) is 3.88. The number of benzene rings is 1. The van der Waals surface area contributed by atoms with Crippen LogP contribution in [-0.2, 0) is 17.8 Å². The predicted molar refractivity (Wildman–Crippen MR) is 125 cm³/mol. The van der Waals surface area contributed by atoms with E-state index >= 15 is 0 Å². The van der Waals surface area contributed by atoms with E-state index in [1.807, 2.05) is 17.9 Å². The zero-order chi connectivity index (χ0) is 19.9. The van der Waals surface area contributed by atoms with Crippen LogP contribution in [0.25, 0.3) is 0 Å². The fourth-order valence-corrected chi connectivity index (χ4v) is 3.88. The number of likely N-dealkylation sites (tertiary alicyclic amines) is 1. The van der Waals surface area contributed by atoms with Crippen molar-refractivity contribution in [2.24, 2.45) is 4.99 Å². The van der Waals surface area contributed by atoms with E-state index in [-0.39, 0.29) is 36.4 Å². The highest BCUT2D eigenvalue weighted by Crippen LogP contribution is 2.33. The normalized spacial score (nSPS) is 16.6. The number of fused-ring (bicyclic) bond motifs is 1. The molecule has 0 radical (unpaired) electrons. The van der Waals surface area contributed by atoms with Crippen molar-refractivity contribution in [3.8, 4) is 11.5 Å². The first-order valence-corrected chi connectivity index (χ1v) is 10.2. The zero-order valence-corrected chi connectivity index (χ0v) is 20.0. The lowest BCUT2D eigenvalue weighted by Crippen LogP contribution is -2.45. The molecule has 0 spiro atoms. The van der Waals surface area contributed by atoms with E-state index in [2.05, 4.69) is 21.3 Å². The maximum absolute atomic E-state index is 12.5. The molecule has 1 fully saturated rings. The van der Waals surface area contributed by atoms with Crippen molar-refractivity contribution in [2.75, 3.05) is 46.9 Å². The number of aliphatic imine (C=N–C) groups is 1. The average molecular weight is 516 g/mol. The molecule has 7 nitrogen and oxygen atoms in total. The summed E-state index contributed by atoms with van der Waals surface area (Å²) < 4.78 is 10.9. The number of guanidine groups is 1. The summed E-state index contributed by atoms with van der Waals surface area (Å²) in [5.41, 5.74) is 2.48. The van der Waals surface area contributed by atoms with Gasteiger partial charge in [0.15, 0.2) is 17.5 Å². The van der Waals surface area contributed by atoms with Crippen LogP contribution in [-0.4, -0.2) is 68.6 Å². The second kappa shape index (κ2) is 11.5. The highest BCUT2D eigenvalue weighted by molar-refractivity contribution is 14.0. The first kappa shape index (κ1) is 23.6. The molecule has 3 rings (SSSR count). The third-order valence-electron chi connectivity index (χ3n) is 5.43. The molecule has 0 saturated carbocycles. The Hall–Kier alpha value is -1.71. The SMILES string of the molecule is CCNC(=NCC(=O)N1CCCCC1)N1CCc2cc(OC)c(OC)cc2C1.I. The van der Waals surface area contributed by atoms with Crippen LogP contribution in [0.1, 0.15) is 37.3 Å². The van der Waals surface area contributed by atoms with Gasteiger partial charge in [0.25, 0.3) is 0 Å². The van der Waals surface area contributed by atoms with Gasteiger partial charge in [-0.15, -0.1) is 24.0 Å². The standard InChI is InChI=1S/C21H32N4O3.HI/c1-4-22-21(23-14-20(26)24-9-6-5-7-10-24)25-11-8-16-12-18(27-2)19(28-3)13-17(16)15-25;/h12-13H,4-11,14-15H2,1-3H3,(H,22,23);1H. The van der Waals surface area contributed by atoms with Crippen molar-refractivity contribution in [1.82, 2.24) is 15.1 Å². The Balaban J connectivity index is 0.00000300. The van der Waals surface area contributed by atoms with E-state index < -0.39 is 0 Å². The number of ether oxygens (including phenoxy) is 2. The van der Waals surface area contributed by atoms with Crippen LogP contribution in [0, 0.1) is 0 Å². The van der Waals surface area contributed by atoms with Gasteiger partial charge < -0.3 is 24.6 Å². The minimum atomic E-state index is 0. The smallest absolute Gasteiger partial charge is 0.244 e. The summed E-state index contributed by atoms with van der Waals surface area (Å²) in [6.07, 6.45) is 4.32. The van der Waals surface area contributed by atoms with Crippen molar-refractivity contribution in [3.05, 3.63) is 23.3 Å². The number of hydrogen-bond donors (Lipinski definition) is 1. The summed E-state index contributed by atoms with van der Waals surface area (Å²) in [5, 5.41) is 3.34. The summed E-state index contributed by atoms with van der Waals surface area (Å²) in [4.78, 5) is 21.3. The Morgan fingerprint density at radius 3 is 2.31 bits per heavy atom. The molecule has 0 aliphatic carbocycles. The van der Waals surface area contributed by atoms with Crippen molar-refractivity contribution in [1.29, 1.82) is 0 Å². The number of carbonyl (C=O) groups is 1. The summed E-state index contributed by atoms with van der Waals surface area (Å²) in [6, 6.07) is 4.11. The van der Waals surface area contributed by atoms with Crippen LogP contribution in [0.15, 0.2) is 17.1 Å². The van der Waals surface area contributed by atoms with Gasteiger partial charge in [-0.1, -0.05) is 0 Å². The first-order chi connectivity index (χ1) is 13.7. The first-order valence-electron chi connectivity index (χ1n) is 10.2. The summed E-state index contributed by atoms with van der Waals surface area (Å²) in [5.74, 6) is 2.43. The Bertz CT molecular complexity index is 720. The number of halogens is 1. The van der Waals surface area contributed by atoms with Crippen LogP contribution < -0.4 is 14.8 Å². The number of amides is 1. The summed E-state index contributed by atoms with van der Waals surface area (Å²) in [6.45, 7) is 6.34. The van der Waals surface area contributed by atoms with E-state index in [0.29, 0.717) is 0 Å². The van der Waals surface area contributed by atoms with Crippen molar-refractivity contribution >= 4 is 35.8 Å². The molecule has 0 unspecified atom stereocenters. The number of nitrogens with one attached hydrogen (secondary N) is 1. The van der Waals surface area contributed by atoms with Crippen molar-refractivity contribution < 1.29 is 14.3 Å². The molecule has 1 aromatic rings. The molecule has 29 heavy (non-hydrogen) atoms. The predicted octanol–water partition coefficient (Wildman–Crippen LogP) is 2.66. The molecule has 1 aromatic carbocycles. The molecule has 162 valence electrons. The highest BCUT2D eigenvalue weighted by atomic mass is 127. The molecular formula is C21H33IN4O3. The highest BCUT2D eigenvalue weighted by Gasteiger charge is 2.22. The van der Waals surface area contributed by atoms with E-state index in [0.717, 1.165) is 69.4 Å². The third-order valence-corrected chi connectivity index (χ3v) is 5.43. The molecule has 1 amide bonds. The average Bonchev–Trinajstić information content (AvgIpc) is 2.75. The van der Waals surface area contributed by atoms with Gasteiger partial charge in [-0.3, -0.25) is 4.79 Å². The van der Waals surface area contributed by atoms with Crippen molar-refractivity contribution in [3.63, 3.8) is 0 Å². The van der Waals surface area contributed by atoms with Crippen LogP contribution in [0.2, 0.25) is 0 Å². The largest absolute Gasteiger partial charge is 0.493 e. The quantitative estimate of drug-likeness (QED) is 0.371. The number of piperidine rings is 1. The lowest BCUT2D eigenvalue weighted by atomic mass is 9.99. The van der Waals surface area contributed by atoms with Crippen LogP contribution in [0.5, 0.6) is 11.5 Å². The molecule has 1 saturated heterocycles. The zero-order valence-electron chi connectivity index (χ0n) is 17.7. The van der Waals surface area contributed by atoms with E-state index in [1.54, 1.807) is 14.2 Å². The fraction of sp³-hybridized carbons (Fsp3) is 0.619. The Kier molecular flexibility index (Phi) is 9.32. The van der Waals surface area contributed by atoms with E-state index in [4.69, 9.17) is 9.47 Å². The molecule has 1 N–H and O–H groups in total. The van der Waals surface area contributed by atoms with Gasteiger partial charge in [0.2, 0.25) is 5.91 Å². The topological polar surface area (TPSA) is 66.4 Å². The molecule has 0 atom stereocenters. The number of nitrogens with zero attached hydrogens (tertiary/aromatic N) is 3. The molecule has 2 heterocycles. The lowest BCUT2D eigenvalue weighted by Gasteiger charge is -2.32. The van der Waals surface area contributed by atoms with Crippen LogP contribution in [0.3, 0.4) is 0 Å². The van der Waals surface area contributed by atoms with Gasteiger partial charge in [0.05, 0.1) is 14.2 Å². The summed E-state index contributed by atoms with van der Waals surface area (Å²) in [7, 11) is 3.32. The Labute approximate surface area is 190 Å². The minimum absolute atomic E-state index is 0. The van der Waals surface area contributed by atoms with Gasteiger partial charge in [0, 0.05) is 32.7 Å². The van der Waals surface area contributed by atoms with Gasteiger partial charge in [-0.25, -0.2) is 4.99 Å². The third kappa shape index (κ3) is 5.90. The minimum Gasteiger partial charge on any atom is -0.493 e. The van der Waals surface area contributed by atoms with Gasteiger partial charge in [0.1, 0.15) is 6.54 Å². The molecule has 2 aliphatic rings. The van der Waals surface area contributed by atoms with E-state index in [1.165, 1.54) is 17.5 Å². The van der Waals surface area contributed by atoms with Gasteiger partial charge in [-0.2, -0.15) is 0 Å². The number of hydrogen-bond acceptors (Lipinski definition) is 4. The Morgan fingerprint density at radius 1 is 1.03 bits per heavy atom. The molecule has 0 bridgehead atoms. The number of carbonyl (C=O) groups excluding carboxylic acids is 1. The lowest BCUT2D eigenvalue weighted by molar-refractivity contribution is -0.130. The molecular weight excluding hydrogens is 483 g/mol. The van der Waals surface area contributed by atoms with Crippen molar-refractivity contribution in [2.45, 2.75) is 39.2 Å². The summed E-state index contributed by atoms with van der Waals surface area (Å²) >= 11 is 0. The molecule has 2 aliphatic heterocycles. The second-order valence-electron chi connectivity index (χ2n) is 7.26. The Morgan fingerprint density at radius 2 is 1.69 bits per heavy atom. The molecule has 0 aromatic heterocycles. The maximum Gasteiger partial charge on any atom is 0.244 e. The second-order valence-corrected chi connectivity index (χ2v) is 7.26. The van der Waals surface area contributed by atoms with E-state index in [9.17, 15) is 4.79 Å². The number of methoxy groups -OCH3 is 2. The van der Waals surface area contributed by atoms with Gasteiger partial charge in [-0.05, 0) is 55.9 Å².